The molecule has 0 spiro atoms. The van der Waals surface area contributed by atoms with Gasteiger partial charge in [0.05, 0.1) is 12.7 Å². The standard InChI is InChI=1S/C16H26O2/c1-13(2)6-5-11-16(3,17)12-14-7-9-15(18-4)10-8-14/h7-10,13,17H,5-6,11-12H2,1-4H3. The summed E-state index contributed by atoms with van der Waals surface area (Å²) >= 11 is 0. The minimum absolute atomic E-state index is 0.608. The number of hydrogen-bond donors (Lipinski definition) is 1. The van der Waals surface area contributed by atoms with Crippen molar-refractivity contribution in [2.75, 3.05) is 7.11 Å². The minimum Gasteiger partial charge on any atom is -0.497 e. The highest BCUT2D eigenvalue weighted by molar-refractivity contribution is 5.27. The van der Waals surface area contributed by atoms with E-state index in [1.54, 1.807) is 7.11 Å². The number of methoxy groups -OCH3 is 1. The van der Waals surface area contributed by atoms with E-state index in [2.05, 4.69) is 13.8 Å². The van der Waals surface area contributed by atoms with Gasteiger partial charge in [-0.2, -0.15) is 0 Å². The molecular weight excluding hydrogens is 224 g/mol. The summed E-state index contributed by atoms with van der Waals surface area (Å²) in [6.45, 7) is 6.37. The second-order valence-corrected chi connectivity index (χ2v) is 5.81. The highest BCUT2D eigenvalue weighted by Crippen LogP contribution is 2.22. The molecule has 0 bridgehead atoms. The summed E-state index contributed by atoms with van der Waals surface area (Å²) in [6, 6.07) is 7.94. The van der Waals surface area contributed by atoms with E-state index in [4.69, 9.17) is 4.74 Å². The monoisotopic (exact) mass is 250 g/mol. The van der Waals surface area contributed by atoms with Crippen LogP contribution in [0.25, 0.3) is 0 Å². The highest BCUT2D eigenvalue weighted by atomic mass is 16.5. The lowest BCUT2D eigenvalue weighted by Crippen LogP contribution is -2.27. The molecule has 1 aromatic rings. The van der Waals surface area contributed by atoms with E-state index in [1.165, 1.54) is 6.42 Å². The Bertz CT molecular complexity index is 339. The summed E-state index contributed by atoms with van der Waals surface area (Å²) < 4.78 is 5.13. The molecule has 1 atom stereocenters. The quantitative estimate of drug-likeness (QED) is 0.797. The molecule has 1 N–H and O–H groups in total. The van der Waals surface area contributed by atoms with Crippen LogP contribution in [0.3, 0.4) is 0 Å². The van der Waals surface area contributed by atoms with Crippen LogP contribution >= 0.6 is 0 Å². The fraction of sp³-hybridized carbons (Fsp3) is 0.625. The summed E-state index contributed by atoms with van der Waals surface area (Å²) in [5, 5.41) is 10.4. The van der Waals surface area contributed by atoms with E-state index in [1.807, 2.05) is 31.2 Å². The molecule has 0 saturated carbocycles. The first kappa shape index (κ1) is 15.0. The smallest absolute Gasteiger partial charge is 0.118 e. The van der Waals surface area contributed by atoms with E-state index in [-0.39, 0.29) is 0 Å². The molecule has 0 aliphatic rings. The first-order valence-electron chi connectivity index (χ1n) is 6.78. The van der Waals surface area contributed by atoms with Gasteiger partial charge in [0.1, 0.15) is 5.75 Å². The molecule has 0 aromatic heterocycles. The van der Waals surface area contributed by atoms with Crippen LogP contribution in [-0.2, 0) is 6.42 Å². The summed E-state index contributed by atoms with van der Waals surface area (Å²) in [6.07, 6.45) is 3.83. The predicted molar refractivity (Wildman–Crippen MR) is 76.0 cm³/mol. The minimum atomic E-state index is -0.608. The molecule has 0 saturated heterocycles. The van der Waals surface area contributed by atoms with Gasteiger partial charge in [-0.25, -0.2) is 0 Å². The lowest BCUT2D eigenvalue weighted by atomic mass is 9.90. The van der Waals surface area contributed by atoms with E-state index in [0.29, 0.717) is 12.3 Å². The molecule has 0 aliphatic heterocycles. The van der Waals surface area contributed by atoms with Crippen LogP contribution in [0.2, 0.25) is 0 Å². The lowest BCUT2D eigenvalue weighted by molar-refractivity contribution is 0.0477. The van der Waals surface area contributed by atoms with Gasteiger partial charge in [-0.05, 0) is 37.0 Å². The molecule has 2 nitrogen and oxygen atoms in total. The normalized spacial score (nSPS) is 14.6. The molecule has 1 rings (SSSR count). The zero-order valence-corrected chi connectivity index (χ0v) is 12.1. The van der Waals surface area contributed by atoms with Crippen molar-refractivity contribution in [3.63, 3.8) is 0 Å². The zero-order valence-electron chi connectivity index (χ0n) is 12.1. The Balaban J connectivity index is 2.47. The van der Waals surface area contributed by atoms with Crippen molar-refractivity contribution < 1.29 is 9.84 Å². The molecule has 1 unspecified atom stereocenters. The molecular formula is C16H26O2. The molecule has 0 amide bonds. The highest BCUT2D eigenvalue weighted by Gasteiger charge is 2.20. The Morgan fingerprint density at radius 1 is 1.22 bits per heavy atom. The van der Waals surface area contributed by atoms with Crippen molar-refractivity contribution in [3.8, 4) is 5.75 Å². The first-order chi connectivity index (χ1) is 8.43. The van der Waals surface area contributed by atoms with Crippen molar-refractivity contribution in [2.24, 2.45) is 5.92 Å². The van der Waals surface area contributed by atoms with Crippen LogP contribution in [0.15, 0.2) is 24.3 Å². The van der Waals surface area contributed by atoms with Gasteiger partial charge >= 0.3 is 0 Å². The van der Waals surface area contributed by atoms with E-state index < -0.39 is 5.60 Å². The van der Waals surface area contributed by atoms with Gasteiger partial charge in [-0.1, -0.05) is 38.8 Å². The van der Waals surface area contributed by atoms with Crippen molar-refractivity contribution in [1.82, 2.24) is 0 Å². The van der Waals surface area contributed by atoms with Crippen molar-refractivity contribution in [3.05, 3.63) is 29.8 Å². The van der Waals surface area contributed by atoms with Crippen LogP contribution in [0.5, 0.6) is 5.75 Å². The van der Waals surface area contributed by atoms with Crippen LogP contribution in [0.1, 0.15) is 45.6 Å². The topological polar surface area (TPSA) is 29.5 Å². The van der Waals surface area contributed by atoms with E-state index >= 15 is 0 Å². The van der Waals surface area contributed by atoms with Gasteiger partial charge in [-0.15, -0.1) is 0 Å². The first-order valence-corrected chi connectivity index (χ1v) is 6.78. The largest absolute Gasteiger partial charge is 0.497 e. The summed E-state index contributed by atoms with van der Waals surface area (Å²) in [4.78, 5) is 0. The number of ether oxygens (including phenoxy) is 1. The second kappa shape index (κ2) is 6.79. The Kier molecular flexibility index (Phi) is 5.67. The van der Waals surface area contributed by atoms with Gasteiger partial charge in [0.2, 0.25) is 0 Å². The molecule has 1 aromatic carbocycles. The summed E-state index contributed by atoms with van der Waals surface area (Å²) in [5.41, 5.74) is 0.550. The third-order valence-corrected chi connectivity index (χ3v) is 3.24. The molecule has 0 heterocycles. The lowest BCUT2D eigenvalue weighted by Gasteiger charge is -2.24. The third-order valence-electron chi connectivity index (χ3n) is 3.24. The van der Waals surface area contributed by atoms with Crippen LogP contribution in [0, 0.1) is 5.92 Å². The Morgan fingerprint density at radius 3 is 2.33 bits per heavy atom. The molecule has 18 heavy (non-hydrogen) atoms. The van der Waals surface area contributed by atoms with Gasteiger partial charge < -0.3 is 9.84 Å². The number of rotatable bonds is 7. The molecule has 0 radical (unpaired) electrons. The molecule has 2 heteroatoms. The van der Waals surface area contributed by atoms with Crippen molar-refractivity contribution in [2.45, 2.75) is 52.1 Å². The maximum absolute atomic E-state index is 10.4. The zero-order chi connectivity index (χ0) is 13.6. The van der Waals surface area contributed by atoms with Crippen molar-refractivity contribution >= 4 is 0 Å². The number of benzene rings is 1. The molecule has 102 valence electrons. The SMILES string of the molecule is COc1ccc(CC(C)(O)CCCC(C)C)cc1. The van der Waals surface area contributed by atoms with E-state index in [9.17, 15) is 5.11 Å². The number of aliphatic hydroxyl groups is 1. The van der Waals surface area contributed by atoms with Gasteiger partial charge in [0.25, 0.3) is 0 Å². The Labute approximate surface area is 111 Å². The fourth-order valence-electron chi connectivity index (χ4n) is 2.16. The van der Waals surface area contributed by atoms with Crippen LogP contribution < -0.4 is 4.74 Å². The van der Waals surface area contributed by atoms with Gasteiger partial charge in [0.15, 0.2) is 0 Å². The van der Waals surface area contributed by atoms with Gasteiger partial charge in [-0.3, -0.25) is 0 Å². The Morgan fingerprint density at radius 2 is 1.83 bits per heavy atom. The third kappa shape index (κ3) is 5.54. The van der Waals surface area contributed by atoms with Crippen LogP contribution in [-0.4, -0.2) is 17.8 Å². The fourth-order valence-corrected chi connectivity index (χ4v) is 2.16. The Hall–Kier alpha value is -1.02. The molecule has 0 aliphatic carbocycles. The predicted octanol–water partition coefficient (Wildman–Crippen LogP) is 3.82. The summed E-state index contributed by atoms with van der Waals surface area (Å²) in [7, 11) is 1.66. The average molecular weight is 250 g/mol. The summed E-state index contributed by atoms with van der Waals surface area (Å²) in [5.74, 6) is 1.57. The second-order valence-electron chi connectivity index (χ2n) is 5.81. The average Bonchev–Trinajstić information content (AvgIpc) is 2.28. The van der Waals surface area contributed by atoms with E-state index in [0.717, 1.165) is 24.2 Å². The van der Waals surface area contributed by atoms with Crippen LogP contribution in [0.4, 0.5) is 0 Å². The maximum Gasteiger partial charge on any atom is 0.118 e. The maximum atomic E-state index is 10.4. The number of hydrogen-bond acceptors (Lipinski definition) is 2. The molecule has 0 fully saturated rings. The van der Waals surface area contributed by atoms with Crippen molar-refractivity contribution in [1.29, 1.82) is 0 Å². The van der Waals surface area contributed by atoms with Gasteiger partial charge in [0, 0.05) is 6.42 Å².